The summed E-state index contributed by atoms with van der Waals surface area (Å²) >= 11 is 9.24. The van der Waals surface area contributed by atoms with Gasteiger partial charge in [0, 0.05) is 24.0 Å². The summed E-state index contributed by atoms with van der Waals surface area (Å²) in [6.07, 6.45) is -4.17. The Hall–Kier alpha value is -3.87. The number of alkyl halides is 3. The summed E-state index contributed by atoms with van der Waals surface area (Å²) in [6, 6.07) is 24.7. The Labute approximate surface area is 285 Å². The summed E-state index contributed by atoms with van der Waals surface area (Å²) in [5, 5.41) is 2.21. The predicted octanol–water partition coefficient (Wildman–Crippen LogP) is 7.48. The minimum Gasteiger partial charge on any atom is -0.354 e. The summed E-state index contributed by atoms with van der Waals surface area (Å²) in [4.78, 5) is 29.1. The summed E-state index contributed by atoms with van der Waals surface area (Å²) < 4.78 is 71.2. The van der Waals surface area contributed by atoms with Gasteiger partial charge in [0.1, 0.15) is 12.6 Å². The number of nitrogens with one attached hydrogen (secondary N) is 1. The molecule has 7 nitrogen and oxygen atoms in total. The van der Waals surface area contributed by atoms with E-state index in [1.807, 2.05) is 13.0 Å². The standard InChI is InChI=1S/C34H32BrClF3N3O4S/c1-2-19-40-33(44)31(20-24-9-5-3-6-10-24)41(22-25-13-15-26(35)16-14-25)32(43)23-42(47(45,46)28-11-7-4-8-12-28)27-17-18-30(36)29(21-27)34(37,38)39/h3-18,21,31H,2,19-20,22-23H2,1H3,(H,40,44). The van der Waals surface area contributed by atoms with Gasteiger partial charge in [0.25, 0.3) is 10.0 Å². The number of halogens is 5. The van der Waals surface area contributed by atoms with Crippen molar-refractivity contribution in [1.82, 2.24) is 10.2 Å². The SMILES string of the molecule is CCCNC(=O)C(Cc1ccccc1)N(Cc1ccc(Br)cc1)C(=O)CN(c1ccc(Cl)c(C(F)(F)F)c1)S(=O)(=O)c1ccccc1. The molecule has 0 bridgehead atoms. The zero-order chi connectivity index (χ0) is 34.2. The van der Waals surface area contributed by atoms with Gasteiger partial charge in [-0.2, -0.15) is 13.2 Å². The van der Waals surface area contributed by atoms with E-state index < -0.39 is 56.9 Å². The minimum absolute atomic E-state index is 0.0865. The van der Waals surface area contributed by atoms with Crippen LogP contribution in [0, 0.1) is 0 Å². The molecule has 0 heterocycles. The predicted molar refractivity (Wildman–Crippen MR) is 179 cm³/mol. The summed E-state index contributed by atoms with van der Waals surface area (Å²) in [7, 11) is -4.59. The van der Waals surface area contributed by atoms with Gasteiger partial charge in [0.2, 0.25) is 11.8 Å². The number of sulfonamides is 1. The number of benzene rings is 4. The van der Waals surface area contributed by atoms with Crippen LogP contribution in [0.3, 0.4) is 0 Å². The first kappa shape index (κ1) is 36.0. The smallest absolute Gasteiger partial charge is 0.354 e. The Bertz CT molecular complexity index is 1780. The van der Waals surface area contributed by atoms with Gasteiger partial charge in [-0.1, -0.05) is 95.1 Å². The first-order valence-corrected chi connectivity index (χ1v) is 17.2. The number of carbonyl (C=O) groups is 2. The molecule has 0 aliphatic carbocycles. The second-order valence-electron chi connectivity index (χ2n) is 10.6. The zero-order valence-electron chi connectivity index (χ0n) is 25.3. The van der Waals surface area contributed by atoms with Crippen molar-refractivity contribution in [2.24, 2.45) is 0 Å². The van der Waals surface area contributed by atoms with Crippen molar-refractivity contribution in [2.75, 3.05) is 17.4 Å². The highest BCUT2D eigenvalue weighted by molar-refractivity contribution is 9.10. The van der Waals surface area contributed by atoms with Crippen LogP contribution >= 0.6 is 27.5 Å². The van der Waals surface area contributed by atoms with Crippen LogP contribution in [0.2, 0.25) is 5.02 Å². The molecule has 2 amide bonds. The second-order valence-corrected chi connectivity index (χ2v) is 13.8. The number of nitrogens with zero attached hydrogens (tertiary/aromatic N) is 2. The number of rotatable bonds is 13. The van der Waals surface area contributed by atoms with Gasteiger partial charge in [-0.15, -0.1) is 0 Å². The third kappa shape index (κ3) is 9.36. The van der Waals surface area contributed by atoms with E-state index in [0.29, 0.717) is 28.9 Å². The van der Waals surface area contributed by atoms with E-state index in [1.54, 1.807) is 54.6 Å². The van der Waals surface area contributed by atoms with Crippen LogP contribution in [0.4, 0.5) is 18.9 Å². The zero-order valence-corrected chi connectivity index (χ0v) is 28.4. The average Bonchev–Trinajstić information content (AvgIpc) is 3.05. The highest BCUT2D eigenvalue weighted by Crippen LogP contribution is 2.38. The molecule has 248 valence electrons. The van der Waals surface area contributed by atoms with Gasteiger partial charge in [-0.3, -0.25) is 13.9 Å². The van der Waals surface area contributed by atoms with Crippen LogP contribution in [-0.2, 0) is 38.8 Å². The fourth-order valence-electron chi connectivity index (χ4n) is 4.84. The van der Waals surface area contributed by atoms with E-state index in [9.17, 15) is 31.2 Å². The summed E-state index contributed by atoms with van der Waals surface area (Å²) in [5.74, 6) is -1.26. The van der Waals surface area contributed by atoms with Crippen molar-refractivity contribution >= 4 is 55.1 Å². The van der Waals surface area contributed by atoms with Crippen molar-refractivity contribution in [3.8, 4) is 0 Å². The molecule has 0 fully saturated rings. The molecule has 47 heavy (non-hydrogen) atoms. The molecule has 4 rings (SSSR count). The monoisotopic (exact) mass is 749 g/mol. The van der Waals surface area contributed by atoms with Gasteiger partial charge in [0.15, 0.2) is 0 Å². The quantitative estimate of drug-likeness (QED) is 0.154. The fourth-order valence-corrected chi connectivity index (χ4v) is 6.76. The van der Waals surface area contributed by atoms with Crippen LogP contribution in [0.5, 0.6) is 0 Å². The van der Waals surface area contributed by atoms with E-state index in [4.69, 9.17) is 11.6 Å². The van der Waals surface area contributed by atoms with E-state index in [0.717, 1.165) is 22.2 Å². The topological polar surface area (TPSA) is 86.8 Å². The lowest BCUT2D eigenvalue weighted by atomic mass is 10.0. The lowest BCUT2D eigenvalue weighted by Crippen LogP contribution is -2.53. The fraction of sp³-hybridized carbons (Fsp3) is 0.235. The molecule has 4 aromatic carbocycles. The van der Waals surface area contributed by atoms with Crippen LogP contribution in [0.25, 0.3) is 0 Å². The van der Waals surface area contributed by atoms with Crippen molar-refractivity contribution in [1.29, 1.82) is 0 Å². The minimum atomic E-state index is -4.90. The van der Waals surface area contributed by atoms with E-state index in [2.05, 4.69) is 21.2 Å². The average molecular weight is 751 g/mol. The largest absolute Gasteiger partial charge is 0.417 e. The van der Waals surface area contributed by atoms with E-state index >= 15 is 0 Å². The molecule has 0 aliphatic rings. The summed E-state index contributed by atoms with van der Waals surface area (Å²) in [6.45, 7) is 1.23. The Morgan fingerprint density at radius 3 is 2.11 bits per heavy atom. The molecule has 0 radical (unpaired) electrons. The number of anilines is 1. The van der Waals surface area contributed by atoms with Crippen molar-refractivity contribution in [2.45, 2.75) is 43.4 Å². The molecule has 0 aliphatic heterocycles. The van der Waals surface area contributed by atoms with Gasteiger partial charge >= 0.3 is 6.18 Å². The maximum Gasteiger partial charge on any atom is 0.417 e. The molecular formula is C34H32BrClF3N3O4S. The Morgan fingerprint density at radius 2 is 1.51 bits per heavy atom. The van der Waals surface area contributed by atoms with Crippen LogP contribution in [0.1, 0.15) is 30.0 Å². The lowest BCUT2D eigenvalue weighted by Gasteiger charge is -2.34. The Kier molecular flexibility index (Phi) is 12.1. The van der Waals surface area contributed by atoms with Gasteiger partial charge < -0.3 is 10.2 Å². The van der Waals surface area contributed by atoms with E-state index in [1.165, 1.54) is 29.2 Å². The van der Waals surface area contributed by atoms with Crippen LogP contribution < -0.4 is 9.62 Å². The van der Waals surface area contributed by atoms with Crippen molar-refractivity contribution in [3.05, 3.63) is 129 Å². The third-order valence-electron chi connectivity index (χ3n) is 7.24. The van der Waals surface area contributed by atoms with Gasteiger partial charge in [0.05, 0.1) is 21.2 Å². The van der Waals surface area contributed by atoms with Gasteiger partial charge in [-0.05, 0) is 60.0 Å². The maximum atomic E-state index is 14.4. The maximum absolute atomic E-state index is 14.4. The Morgan fingerprint density at radius 1 is 0.894 bits per heavy atom. The van der Waals surface area contributed by atoms with Crippen LogP contribution in [0.15, 0.2) is 112 Å². The molecule has 0 aromatic heterocycles. The number of hydrogen-bond acceptors (Lipinski definition) is 4. The number of carbonyl (C=O) groups excluding carboxylic acids is 2. The molecule has 4 aromatic rings. The molecule has 1 unspecified atom stereocenters. The lowest BCUT2D eigenvalue weighted by molar-refractivity contribution is -0.140. The first-order valence-electron chi connectivity index (χ1n) is 14.6. The number of amides is 2. The first-order chi connectivity index (χ1) is 22.3. The normalized spacial score (nSPS) is 12.3. The molecule has 0 spiro atoms. The third-order valence-corrected chi connectivity index (χ3v) is 9.89. The van der Waals surface area contributed by atoms with Crippen molar-refractivity contribution in [3.63, 3.8) is 0 Å². The highest BCUT2D eigenvalue weighted by atomic mass is 79.9. The summed E-state index contributed by atoms with van der Waals surface area (Å²) in [5.41, 5.74) is -0.284. The molecule has 1 atom stereocenters. The highest BCUT2D eigenvalue weighted by Gasteiger charge is 2.37. The molecule has 0 saturated carbocycles. The van der Waals surface area contributed by atoms with E-state index in [-0.39, 0.29) is 17.9 Å². The molecular weight excluding hydrogens is 719 g/mol. The number of hydrogen-bond donors (Lipinski definition) is 1. The molecule has 1 N–H and O–H groups in total. The molecule has 0 saturated heterocycles. The van der Waals surface area contributed by atoms with Crippen LogP contribution in [-0.4, -0.2) is 44.3 Å². The molecule has 13 heteroatoms. The Balaban J connectivity index is 1.84. The second kappa shape index (κ2) is 15.8. The van der Waals surface area contributed by atoms with Crippen molar-refractivity contribution < 1.29 is 31.2 Å². The van der Waals surface area contributed by atoms with Gasteiger partial charge in [-0.25, -0.2) is 8.42 Å².